The van der Waals surface area contributed by atoms with Crippen LogP contribution in [0.2, 0.25) is 0 Å². The van der Waals surface area contributed by atoms with Gasteiger partial charge in [0, 0.05) is 27.2 Å². The molecule has 0 fully saturated rings. The third-order valence-corrected chi connectivity index (χ3v) is 4.95. The number of aromatic amines is 2. The van der Waals surface area contributed by atoms with Gasteiger partial charge in [-0.1, -0.05) is 36.4 Å². The lowest BCUT2D eigenvalue weighted by molar-refractivity contribution is 1.33. The summed E-state index contributed by atoms with van der Waals surface area (Å²) in [6, 6.07) is 20.9. The van der Waals surface area contributed by atoms with Gasteiger partial charge < -0.3 is 9.97 Å². The Morgan fingerprint density at radius 1 is 0.739 bits per heavy atom. The zero-order chi connectivity index (χ0) is 15.2. The summed E-state index contributed by atoms with van der Waals surface area (Å²) in [5.41, 5.74) is 5.40. The maximum atomic E-state index is 4.80. The summed E-state index contributed by atoms with van der Waals surface area (Å²) in [6.07, 6.45) is 0. The van der Waals surface area contributed by atoms with Crippen molar-refractivity contribution in [3.05, 3.63) is 66.0 Å². The Bertz CT molecular complexity index is 975. The molecule has 0 saturated carbocycles. The van der Waals surface area contributed by atoms with Crippen molar-refractivity contribution in [1.82, 2.24) is 15.0 Å². The summed E-state index contributed by atoms with van der Waals surface area (Å²) in [7, 11) is 0. The van der Waals surface area contributed by atoms with Gasteiger partial charge in [0.25, 0.3) is 0 Å². The average molecular weight is 315 g/mol. The van der Waals surface area contributed by atoms with Gasteiger partial charge in [-0.05, 0) is 24.3 Å². The molecule has 2 aromatic carbocycles. The van der Waals surface area contributed by atoms with E-state index in [4.69, 9.17) is 4.98 Å². The van der Waals surface area contributed by atoms with Crippen LogP contribution in [0.25, 0.3) is 43.9 Å². The summed E-state index contributed by atoms with van der Waals surface area (Å²) in [5, 5.41) is 5.54. The van der Waals surface area contributed by atoms with Gasteiger partial charge in [-0.25, -0.2) is 4.98 Å². The molecule has 0 spiro atoms. The molecule has 23 heavy (non-hydrogen) atoms. The maximum absolute atomic E-state index is 4.80. The minimum Gasteiger partial charge on any atom is -0.353 e. The quantitative estimate of drug-likeness (QED) is 0.447. The van der Waals surface area contributed by atoms with Gasteiger partial charge >= 0.3 is 0 Å². The molecule has 0 bridgehead atoms. The second kappa shape index (κ2) is 4.83. The highest BCUT2D eigenvalue weighted by Crippen LogP contribution is 2.31. The Kier molecular flexibility index (Phi) is 2.66. The standard InChI is InChI=1S/C19H13N3S/c1-3-7-14-12(5-1)9-16(20-14)18-11-23-19(22-18)17-10-13-6-2-4-8-15(13)21-17/h1-11,20-21H. The zero-order valence-corrected chi connectivity index (χ0v) is 13.0. The molecule has 0 unspecified atom stereocenters. The Morgan fingerprint density at radius 3 is 2.04 bits per heavy atom. The van der Waals surface area contributed by atoms with Crippen molar-refractivity contribution in [2.45, 2.75) is 0 Å². The first-order valence-corrected chi connectivity index (χ1v) is 8.36. The summed E-state index contributed by atoms with van der Waals surface area (Å²) < 4.78 is 0. The molecule has 2 N–H and O–H groups in total. The van der Waals surface area contributed by atoms with Crippen LogP contribution in [0, 0.1) is 0 Å². The summed E-state index contributed by atoms with van der Waals surface area (Å²) in [4.78, 5) is 11.7. The minimum atomic E-state index is 0.986. The van der Waals surface area contributed by atoms with Crippen LogP contribution in [0.15, 0.2) is 66.0 Å². The smallest absolute Gasteiger partial charge is 0.140 e. The number of H-pyrrole nitrogens is 2. The molecule has 0 aliphatic heterocycles. The van der Waals surface area contributed by atoms with Crippen LogP contribution in [0.3, 0.4) is 0 Å². The molecular weight excluding hydrogens is 302 g/mol. The number of aromatic nitrogens is 3. The second-order valence-corrected chi connectivity index (χ2v) is 6.44. The maximum Gasteiger partial charge on any atom is 0.140 e. The number of thiazole rings is 1. The molecule has 0 saturated heterocycles. The zero-order valence-electron chi connectivity index (χ0n) is 12.2. The predicted molar refractivity (Wildman–Crippen MR) is 96.7 cm³/mol. The van der Waals surface area contributed by atoms with Crippen molar-refractivity contribution in [1.29, 1.82) is 0 Å². The van der Waals surface area contributed by atoms with Crippen molar-refractivity contribution >= 4 is 33.1 Å². The van der Waals surface area contributed by atoms with Gasteiger partial charge in [-0.15, -0.1) is 11.3 Å². The number of rotatable bonds is 2. The van der Waals surface area contributed by atoms with Crippen LogP contribution in [-0.2, 0) is 0 Å². The van der Waals surface area contributed by atoms with E-state index in [1.165, 1.54) is 10.8 Å². The van der Waals surface area contributed by atoms with Crippen LogP contribution in [0.1, 0.15) is 0 Å². The normalized spacial score (nSPS) is 11.5. The van der Waals surface area contributed by atoms with E-state index in [9.17, 15) is 0 Å². The first-order chi connectivity index (χ1) is 11.4. The van der Waals surface area contributed by atoms with E-state index < -0.39 is 0 Å². The van der Waals surface area contributed by atoms with E-state index in [0.717, 1.165) is 33.1 Å². The molecule has 0 amide bonds. The molecule has 3 nitrogen and oxygen atoms in total. The van der Waals surface area contributed by atoms with Gasteiger partial charge in [0.15, 0.2) is 0 Å². The van der Waals surface area contributed by atoms with Gasteiger partial charge in [0.1, 0.15) is 5.01 Å². The van der Waals surface area contributed by atoms with Gasteiger partial charge in [0.05, 0.1) is 17.1 Å². The van der Waals surface area contributed by atoms with Gasteiger partial charge in [-0.3, -0.25) is 0 Å². The number of nitrogens with zero attached hydrogens (tertiary/aromatic N) is 1. The number of para-hydroxylation sites is 2. The molecule has 3 aromatic heterocycles. The highest BCUT2D eigenvalue weighted by atomic mass is 32.1. The molecule has 0 atom stereocenters. The van der Waals surface area contributed by atoms with E-state index in [-0.39, 0.29) is 0 Å². The minimum absolute atomic E-state index is 0.986. The van der Waals surface area contributed by atoms with E-state index in [1.807, 2.05) is 12.1 Å². The second-order valence-electron chi connectivity index (χ2n) is 5.58. The molecule has 4 heteroatoms. The van der Waals surface area contributed by atoms with E-state index in [1.54, 1.807) is 11.3 Å². The Morgan fingerprint density at radius 2 is 1.35 bits per heavy atom. The third-order valence-electron chi connectivity index (χ3n) is 4.07. The van der Waals surface area contributed by atoms with E-state index >= 15 is 0 Å². The van der Waals surface area contributed by atoms with Gasteiger partial charge in [0.2, 0.25) is 0 Å². The first-order valence-electron chi connectivity index (χ1n) is 7.49. The first kappa shape index (κ1) is 12.7. The lowest BCUT2D eigenvalue weighted by Gasteiger charge is -1.91. The Balaban J connectivity index is 1.59. The Hall–Kier alpha value is -2.85. The number of hydrogen-bond acceptors (Lipinski definition) is 2. The fraction of sp³-hybridized carbons (Fsp3) is 0. The lowest BCUT2D eigenvalue weighted by atomic mass is 10.2. The topological polar surface area (TPSA) is 44.5 Å². The van der Waals surface area contributed by atoms with Crippen LogP contribution >= 0.6 is 11.3 Å². The summed E-state index contributed by atoms with van der Waals surface area (Å²) in [5.74, 6) is 0. The molecule has 0 aliphatic rings. The van der Waals surface area contributed by atoms with Crippen LogP contribution in [0.4, 0.5) is 0 Å². The number of fused-ring (bicyclic) bond motifs is 2. The number of benzene rings is 2. The van der Waals surface area contributed by atoms with Crippen molar-refractivity contribution in [3.63, 3.8) is 0 Å². The molecule has 3 heterocycles. The molecular formula is C19H13N3S. The lowest BCUT2D eigenvalue weighted by Crippen LogP contribution is -1.79. The van der Waals surface area contributed by atoms with Crippen molar-refractivity contribution in [2.24, 2.45) is 0 Å². The fourth-order valence-corrected chi connectivity index (χ4v) is 3.71. The molecule has 5 rings (SSSR count). The van der Waals surface area contributed by atoms with Crippen LogP contribution < -0.4 is 0 Å². The number of hydrogen-bond donors (Lipinski definition) is 2. The third kappa shape index (κ3) is 2.07. The monoisotopic (exact) mass is 315 g/mol. The van der Waals surface area contributed by atoms with Crippen LogP contribution in [-0.4, -0.2) is 15.0 Å². The summed E-state index contributed by atoms with van der Waals surface area (Å²) in [6.45, 7) is 0. The summed E-state index contributed by atoms with van der Waals surface area (Å²) >= 11 is 1.66. The molecule has 0 radical (unpaired) electrons. The SMILES string of the molecule is c1ccc2[nH]c(-c3csc(-c4cc5ccccc5[nH]4)n3)cc2c1. The molecule has 0 aliphatic carbocycles. The Labute approximate surface area is 136 Å². The molecule has 5 aromatic rings. The van der Waals surface area contributed by atoms with E-state index in [0.29, 0.717) is 0 Å². The number of nitrogens with one attached hydrogen (secondary N) is 2. The predicted octanol–water partition coefficient (Wildman–Crippen LogP) is 5.44. The highest BCUT2D eigenvalue weighted by molar-refractivity contribution is 7.13. The van der Waals surface area contributed by atoms with Crippen molar-refractivity contribution in [3.8, 4) is 22.1 Å². The van der Waals surface area contributed by atoms with E-state index in [2.05, 4.69) is 63.9 Å². The van der Waals surface area contributed by atoms with Crippen LogP contribution in [0.5, 0.6) is 0 Å². The highest BCUT2D eigenvalue weighted by Gasteiger charge is 2.11. The largest absolute Gasteiger partial charge is 0.353 e. The van der Waals surface area contributed by atoms with Gasteiger partial charge in [-0.2, -0.15) is 0 Å². The fourth-order valence-electron chi connectivity index (χ4n) is 2.92. The van der Waals surface area contributed by atoms with Crippen molar-refractivity contribution < 1.29 is 0 Å². The van der Waals surface area contributed by atoms with Crippen molar-refractivity contribution in [2.75, 3.05) is 0 Å². The molecule has 110 valence electrons. The average Bonchev–Trinajstić information content (AvgIpc) is 3.30.